The molecule has 0 aliphatic carbocycles. The smallest absolute Gasteiger partial charge is 0.417 e. The Morgan fingerprint density at radius 1 is 1.18 bits per heavy atom. The molecule has 0 saturated carbocycles. The minimum Gasteiger partial charge on any atom is -0.497 e. The molecule has 1 N–H and O–H groups in total. The molecule has 2 aromatic rings. The summed E-state index contributed by atoms with van der Waals surface area (Å²) >= 11 is 0. The molecule has 152 valence electrons. The van der Waals surface area contributed by atoms with Crippen LogP contribution in [0.5, 0.6) is 5.75 Å². The molecule has 2 heterocycles. The lowest BCUT2D eigenvalue weighted by atomic mass is 9.90. The first-order valence-electron chi connectivity index (χ1n) is 9.51. The van der Waals surface area contributed by atoms with Crippen molar-refractivity contribution in [3.63, 3.8) is 0 Å². The average molecular weight is 393 g/mol. The number of nitrogens with one attached hydrogen (secondary N) is 1. The van der Waals surface area contributed by atoms with Crippen LogP contribution in [0.1, 0.15) is 30.9 Å². The fourth-order valence-corrected chi connectivity index (χ4v) is 3.70. The summed E-state index contributed by atoms with van der Waals surface area (Å²) in [5, 5.41) is 3.22. The van der Waals surface area contributed by atoms with E-state index in [1.165, 1.54) is 11.6 Å². The third-order valence-electron chi connectivity index (χ3n) is 5.36. The summed E-state index contributed by atoms with van der Waals surface area (Å²) in [5.74, 6) is 1.80. The monoisotopic (exact) mass is 393 g/mol. The quantitative estimate of drug-likeness (QED) is 0.763. The van der Waals surface area contributed by atoms with E-state index in [0.717, 1.165) is 43.9 Å². The number of piperidine rings is 1. The van der Waals surface area contributed by atoms with Gasteiger partial charge in [0.1, 0.15) is 11.6 Å². The SMILES string of the molecule is COc1ccc(CN2CCC[C@@H](C)[C@H]2CNc2ccc(C(F)(F)F)cn2)cc1. The van der Waals surface area contributed by atoms with Crippen molar-refractivity contribution in [1.82, 2.24) is 9.88 Å². The summed E-state index contributed by atoms with van der Waals surface area (Å²) in [6.45, 7) is 4.71. The first-order valence-corrected chi connectivity index (χ1v) is 9.51. The van der Waals surface area contributed by atoms with E-state index in [1.807, 2.05) is 12.1 Å². The van der Waals surface area contributed by atoms with E-state index in [9.17, 15) is 13.2 Å². The molecule has 1 aliphatic rings. The molecular formula is C21H26F3N3O. The van der Waals surface area contributed by atoms with E-state index in [0.29, 0.717) is 24.3 Å². The zero-order valence-electron chi connectivity index (χ0n) is 16.2. The molecule has 1 fully saturated rings. The molecule has 7 heteroatoms. The summed E-state index contributed by atoms with van der Waals surface area (Å²) < 4.78 is 43.2. The van der Waals surface area contributed by atoms with Gasteiger partial charge in [-0.1, -0.05) is 19.1 Å². The van der Waals surface area contributed by atoms with Gasteiger partial charge < -0.3 is 10.1 Å². The molecule has 28 heavy (non-hydrogen) atoms. The van der Waals surface area contributed by atoms with E-state index < -0.39 is 11.7 Å². The van der Waals surface area contributed by atoms with Gasteiger partial charge in [-0.3, -0.25) is 4.90 Å². The largest absolute Gasteiger partial charge is 0.497 e. The lowest BCUT2D eigenvalue weighted by Crippen LogP contribution is -2.47. The van der Waals surface area contributed by atoms with Crippen LogP contribution in [-0.4, -0.2) is 36.1 Å². The number of rotatable bonds is 6. The van der Waals surface area contributed by atoms with Crippen LogP contribution in [-0.2, 0) is 12.7 Å². The normalized spacial score (nSPS) is 20.8. The second-order valence-electron chi connectivity index (χ2n) is 7.32. The lowest BCUT2D eigenvalue weighted by Gasteiger charge is -2.40. The number of pyridine rings is 1. The first kappa shape index (κ1) is 20.5. The highest BCUT2D eigenvalue weighted by Gasteiger charge is 2.31. The van der Waals surface area contributed by atoms with Crippen molar-refractivity contribution in [2.45, 2.75) is 38.5 Å². The van der Waals surface area contributed by atoms with Crippen molar-refractivity contribution in [2.75, 3.05) is 25.5 Å². The Hall–Kier alpha value is -2.28. The summed E-state index contributed by atoms with van der Waals surface area (Å²) in [5.41, 5.74) is 0.484. The van der Waals surface area contributed by atoms with Crippen molar-refractivity contribution in [3.8, 4) is 5.75 Å². The number of hydrogen-bond acceptors (Lipinski definition) is 4. The van der Waals surface area contributed by atoms with Gasteiger partial charge in [-0.25, -0.2) is 4.98 Å². The average Bonchev–Trinajstić information content (AvgIpc) is 2.68. The van der Waals surface area contributed by atoms with Crippen LogP contribution in [0.4, 0.5) is 19.0 Å². The van der Waals surface area contributed by atoms with Crippen LogP contribution in [0, 0.1) is 5.92 Å². The minimum atomic E-state index is -4.36. The zero-order chi connectivity index (χ0) is 20.1. The summed E-state index contributed by atoms with van der Waals surface area (Å²) in [6, 6.07) is 10.8. The fraction of sp³-hybridized carbons (Fsp3) is 0.476. The first-order chi connectivity index (χ1) is 13.4. The maximum absolute atomic E-state index is 12.7. The van der Waals surface area contributed by atoms with Gasteiger partial charge in [0.2, 0.25) is 0 Å². The molecule has 4 nitrogen and oxygen atoms in total. The molecule has 0 radical (unpaired) electrons. The number of halogens is 3. The lowest BCUT2D eigenvalue weighted by molar-refractivity contribution is -0.137. The van der Waals surface area contributed by atoms with Crippen molar-refractivity contribution in [2.24, 2.45) is 5.92 Å². The number of aromatic nitrogens is 1. The standard InChI is InChI=1S/C21H26F3N3O/c1-15-4-3-11-27(14-16-5-8-18(28-2)9-6-16)19(15)13-26-20-10-7-17(12-25-20)21(22,23)24/h5-10,12,15,19H,3-4,11,13-14H2,1-2H3,(H,25,26)/t15-,19-/m1/s1. The number of nitrogens with zero attached hydrogens (tertiary/aromatic N) is 2. The van der Waals surface area contributed by atoms with Crippen LogP contribution in [0.3, 0.4) is 0 Å². The Kier molecular flexibility index (Phi) is 6.44. The van der Waals surface area contributed by atoms with Crippen molar-refractivity contribution >= 4 is 5.82 Å². The van der Waals surface area contributed by atoms with E-state index in [4.69, 9.17) is 4.74 Å². The third kappa shape index (κ3) is 5.16. The van der Waals surface area contributed by atoms with Gasteiger partial charge in [-0.15, -0.1) is 0 Å². The Labute approximate surface area is 163 Å². The van der Waals surface area contributed by atoms with Crippen molar-refractivity contribution in [3.05, 3.63) is 53.7 Å². The van der Waals surface area contributed by atoms with Gasteiger partial charge in [0.15, 0.2) is 0 Å². The predicted molar refractivity (Wildman–Crippen MR) is 103 cm³/mol. The number of hydrogen-bond donors (Lipinski definition) is 1. The van der Waals surface area contributed by atoms with Gasteiger partial charge in [0, 0.05) is 25.3 Å². The van der Waals surface area contributed by atoms with Gasteiger partial charge in [-0.2, -0.15) is 13.2 Å². The number of anilines is 1. The molecule has 2 atom stereocenters. The number of benzene rings is 1. The minimum absolute atomic E-state index is 0.292. The highest BCUT2D eigenvalue weighted by Crippen LogP contribution is 2.29. The van der Waals surface area contributed by atoms with Crippen molar-refractivity contribution < 1.29 is 17.9 Å². The third-order valence-corrected chi connectivity index (χ3v) is 5.36. The van der Waals surface area contributed by atoms with Gasteiger partial charge in [0.05, 0.1) is 12.7 Å². The van der Waals surface area contributed by atoms with Crippen LogP contribution < -0.4 is 10.1 Å². The summed E-state index contributed by atoms with van der Waals surface area (Å²) in [6.07, 6.45) is -1.20. The fourth-order valence-electron chi connectivity index (χ4n) is 3.70. The van der Waals surface area contributed by atoms with E-state index in [2.05, 4.69) is 34.3 Å². The molecule has 0 unspecified atom stereocenters. The Morgan fingerprint density at radius 2 is 1.93 bits per heavy atom. The van der Waals surface area contributed by atoms with Crippen molar-refractivity contribution in [1.29, 1.82) is 0 Å². The van der Waals surface area contributed by atoms with Crippen LogP contribution >= 0.6 is 0 Å². The molecular weight excluding hydrogens is 367 g/mol. The maximum atomic E-state index is 12.7. The maximum Gasteiger partial charge on any atom is 0.417 e. The van der Waals surface area contributed by atoms with E-state index >= 15 is 0 Å². The molecule has 0 amide bonds. The van der Waals surface area contributed by atoms with E-state index in [1.54, 1.807) is 7.11 Å². The Morgan fingerprint density at radius 3 is 2.54 bits per heavy atom. The topological polar surface area (TPSA) is 37.4 Å². The van der Waals surface area contributed by atoms with Gasteiger partial charge >= 0.3 is 6.18 Å². The highest BCUT2D eigenvalue weighted by atomic mass is 19.4. The highest BCUT2D eigenvalue weighted by molar-refractivity contribution is 5.36. The molecule has 1 saturated heterocycles. The molecule has 3 rings (SSSR count). The second-order valence-corrected chi connectivity index (χ2v) is 7.32. The number of ether oxygens (including phenoxy) is 1. The number of alkyl halides is 3. The predicted octanol–water partition coefficient (Wildman–Crippen LogP) is 4.82. The van der Waals surface area contributed by atoms with Gasteiger partial charge in [-0.05, 0) is 55.1 Å². The molecule has 0 bridgehead atoms. The molecule has 1 aliphatic heterocycles. The second kappa shape index (κ2) is 8.82. The van der Waals surface area contributed by atoms with E-state index in [-0.39, 0.29) is 0 Å². The number of methoxy groups -OCH3 is 1. The van der Waals surface area contributed by atoms with Crippen LogP contribution in [0.2, 0.25) is 0 Å². The summed E-state index contributed by atoms with van der Waals surface area (Å²) in [7, 11) is 1.65. The Balaban J connectivity index is 1.63. The van der Waals surface area contributed by atoms with Gasteiger partial charge in [0.25, 0.3) is 0 Å². The number of likely N-dealkylation sites (tertiary alicyclic amines) is 1. The van der Waals surface area contributed by atoms with Crippen LogP contribution in [0.25, 0.3) is 0 Å². The zero-order valence-corrected chi connectivity index (χ0v) is 16.2. The Bertz CT molecular complexity index is 747. The molecule has 0 spiro atoms. The molecule has 1 aromatic carbocycles. The van der Waals surface area contributed by atoms with Crippen LogP contribution in [0.15, 0.2) is 42.6 Å². The summed E-state index contributed by atoms with van der Waals surface area (Å²) in [4.78, 5) is 6.36. The molecule has 1 aromatic heterocycles.